The lowest BCUT2D eigenvalue weighted by Gasteiger charge is -2.21. The molecular formula is C16H14N2O. The van der Waals surface area contributed by atoms with Crippen molar-refractivity contribution in [3.63, 3.8) is 0 Å². The van der Waals surface area contributed by atoms with Crippen molar-refractivity contribution < 1.29 is 4.79 Å². The lowest BCUT2D eigenvalue weighted by Crippen LogP contribution is -2.17. The number of rotatable bonds is 1. The Morgan fingerprint density at radius 1 is 1.05 bits per heavy atom. The molecule has 4 N–H and O–H groups in total. The summed E-state index contributed by atoms with van der Waals surface area (Å²) >= 11 is 0. The summed E-state index contributed by atoms with van der Waals surface area (Å²) in [7, 11) is 0. The van der Waals surface area contributed by atoms with Crippen molar-refractivity contribution in [2.24, 2.45) is 0 Å². The minimum atomic E-state index is 0.0196. The molecule has 0 atom stereocenters. The van der Waals surface area contributed by atoms with Crippen molar-refractivity contribution in [2.45, 2.75) is 6.42 Å². The molecule has 0 saturated carbocycles. The Morgan fingerprint density at radius 3 is 2.53 bits per heavy atom. The number of anilines is 2. The fourth-order valence-electron chi connectivity index (χ4n) is 2.65. The Morgan fingerprint density at radius 2 is 1.79 bits per heavy atom. The molecule has 0 fully saturated rings. The highest BCUT2D eigenvalue weighted by Crippen LogP contribution is 2.32. The minimum Gasteiger partial charge on any atom is -0.399 e. The number of fused-ring (bicyclic) bond motifs is 2. The van der Waals surface area contributed by atoms with Gasteiger partial charge in [-0.05, 0) is 53.4 Å². The summed E-state index contributed by atoms with van der Waals surface area (Å²) in [6, 6.07) is 9.04. The van der Waals surface area contributed by atoms with Crippen LogP contribution in [-0.4, -0.2) is 5.78 Å². The van der Waals surface area contributed by atoms with E-state index in [4.69, 9.17) is 11.5 Å². The second-order valence-electron chi connectivity index (χ2n) is 4.77. The monoisotopic (exact) mass is 250 g/mol. The molecule has 3 heteroatoms. The van der Waals surface area contributed by atoms with Crippen LogP contribution in [-0.2, 0) is 6.42 Å². The van der Waals surface area contributed by atoms with Gasteiger partial charge in [0.05, 0.1) is 0 Å². The number of benzene rings is 2. The van der Waals surface area contributed by atoms with Crippen molar-refractivity contribution in [1.82, 2.24) is 0 Å². The van der Waals surface area contributed by atoms with E-state index in [2.05, 4.69) is 6.58 Å². The summed E-state index contributed by atoms with van der Waals surface area (Å²) in [5.74, 6) is 0.0196. The second-order valence-corrected chi connectivity index (χ2v) is 4.77. The van der Waals surface area contributed by atoms with E-state index in [9.17, 15) is 4.79 Å². The summed E-state index contributed by atoms with van der Waals surface area (Å²) in [4.78, 5) is 12.6. The van der Waals surface area contributed by atoms with Crippen molar-refractivity contribution in [3.05, 3.63) is 64.7 Å². The maximum absolute atomic E-state index is 12.6. The van der Waals surface area contributed by atoms with Crippen LogP contribution < -0.4 is 11.5 Å². The molecular weight excluding hydrogens is 236 g/mol. The Balaban J connectivity index is 2.27. The van der Waals surface area contributed by atoms with E-state index in [1.165, 1.54) is 0 Å². The zero-order valence-electron chi connectivity index (χ0n) is 10.4. The van der Waals surface area contributed by atoms with Gasteiger partial charge >= 0.3 is 0 Å². The molecule has 0 saturated heterocycles. The van der Waals surface area contributed by atoms with Gasteiger partial charge < -0.3 is 11.5 Å². The van der Waals surface area contributed by atoms with E-state index >= 15 is 0 Å². The highest BCUT2D eigenvalue weighted by molar-refractivity contribution is 6.14. The van der Waals surface area contributed by atoms with E-state index < -0.39 is 0 Å². The fourth-order valence-corrected chi connectivity index (χ4v) is 2.65. The van der Waals surface area contributed by atoms with Crippen LogP contribution in [0.15, 0.2) is 36.9 Å². The standard InChI is InChI=1S/C16H14N2O/c1-2-9-6-13(18)8-11-5-10-7-12(17)3-4-14(10)16(19)15(9)11/h2-4,6-8H,1,5,17-18H2. The van der Waals surface area contributed by atoms with Crippen molar-refractivity contribution in [1.29, 1.82) is 0 Å². The third-order valence-corrected chi connectivity index (χ3v) is 3.47. The lowest BCUT2D eigenvalue weighted by molar-refractivity contribution is 0.103. The molecule has 0 aliphatic heterocycles. The highest BCUT2D eigenvalue weighted by atomic mass is 16.1. The van der Waals surface area contributed by atoms with E-state index in [1.54, 1.807) is 24.3 Å². The number of nitrogen functional groups attached to an aromatic ring is 2. The molecule has 0 aromatic heterocycles. The van der Waals surface area contributed by atoms with E-state index in [0.717, 1.165) is 22.3 Å². The quantitative estimate of drug-likeness (QED) is 0.652. The fraction of sp³-hybridized carbons (Fsp3) is 0.0625. The Labute approximate surface area is 111 Å². The summed E-state index contributed by atoms with van der Waals surface area (Å²) in [5, 5.41) is 0. The van der Waals surface area contributed by atoms with Gasteiger partial charge in [-0.1, -0.05) is 12.7 Å². The zero-order valence-corrected chi connectivity index (χ0v) is 10.4. The van der Waals surface area contributed by atoms with Gasteiger partial charge in [0.15, 0.2) is 5.78 Å². The highest BCUT2D eigenvalue weighted by Gasteiger charge is 2.25. The molecule has 0 bridgehead atoms. The normalized spacial score (nSPS) is 12.7. The molecule has 19 heavy (non-hydrogen) atoms. The molecule has 1 aliphatic rings. The average Bonchev–Trinajstić information content (AvgIpc) is 2.37. The summed E-state index contributed by atoms with van der Waals surface area (Å²) in [5.41, 5.74) is 17.1. The van der Waals surface area contributed by atoms with Crippen LogP contribution in [0, 0.1) is 0 Å². The molecule has 0 heterocycles. The second kappa shape index (κ2) is 3.99. The van der Waals surface area contributed by atoms with E-state index in [0.29, 0.717) is 23.4 Å². The molecule has 0 amide bonds. The lowest BCUT2D eigenvalue weighted by atomic mass is 9.82. The molecule has 3 nitrogen and oxygen atoms in total. The number of carbonyl (C=O) groups is 1. The first-order valence-electron chi connectivity index (χ1n) is 6.08. The predicted molar refractivity (Wildman–Crippen MR) is 78.0 cm³/mol. The number of hydrogen-bond donors (Lipinski definition) is 2. The maximum Gasteiger partial charge on any atom is 0.194 e. The molecule has 0 radical (unpaired) electrons. The molecule has 2 aromatic rings. The van der Waals surface area contributed by atoms with Crippen molar-refractivity contribution in [3.8, 4) is 0 Å². The summed E-state index contributed by atoms with van der Waals surface area (Å²) < 4.78 is 0. The van der Waals surface area contributed by atoms with Crippen LogP contribution in [0.4, 0.5) is 11.4 Å². The van der Waals surface area contributed by atoms with Gasteiger partial charge in [-0.25, -0.2) is 0 Å². The first-order valence-corrected chi connectivity index (χ1v) is 6.08. The predicted octanol–water partition coefficient (Wildman–Crippen LogP) is 2.63. The van der Waals surface area contributed by atoms with Gasteiger partial charge in [-0.3, -0.25) is 4.79 Å². The maximum atomic E-state index is 12.6. The van der Waals surface area contributed by atoms with E-state index in [1.807, 2.05) is 12.1 Å². The molecule has 94 valence electrons. The van der Waals surface area contributed by atoms with Gasteiger partial charge in [-0.2, -0.15) is 0 Å². The SMILES string of the molecule is C=Cc1cc(N)cc2c1C(=O)c1ccc(N)cc1C2. The third-order valence-electron chi connectivity index (χ3n) is 3.47. The summed E-state index contributed by atoms with van der Waals surface area (Å²) in [6.45, 7) is 3.76. The van der Waals surface area contributed by atoms with Gasteiger partial charge in [-0.15, -0.1) is 0 Å². The third kappa shape index (κ3) is 1.71. The van der Waals surface area contributed by atoms with Crippen molar-refractivity contribution in [2.75, 3.05) is 11.5 Å². The van der Waals surface area contributed by atoms with Gasteiger partial charge in [0.25, 0.3) is 0 Å². The Bertz CT molecular complexity index is 717. The number of carbonyl (C=O) groups excluding carboxylic acids is 1. The Hall–Kier alpha value is -2.55. The van der Waals surface area contributed by atoms with Crippen LogP contribution >= 0.6 is 0 Å². The smallest absolute Gasteiger partial charge is 0.194 e. The van der Waals surface area contributed by atoms with Gasteiger partial charge in [0.1, 0.15) is 0 Å². The first kappa shape index (κ1) is 11.5. The minimum absolute atomic E-state index is 0.0196. The largest absolute Gasteiger partial charge is 0.399 e. The van der Waals surface area contributed by atoms with Crippen molar-refractivity contribution >= 4 is 23.2 Å². The number of hydrogen-bond acceptors (Lipinski definition) is 3. The van der Waals surface area contributed by atoms with E-state index in [-0.39, 0.29) is 5.78 Å². The molecule has 0 unspecified atom stereocenters. The first-order chi connectivity index (χ1) is 9.10. The van der Waals surface area contributed by atoms with Gasteiger partial charge in [0, 0.05) is 22.5 Å². The van der Waals surface area contributed by atoms with Crippen LogP contribution in [0.3, 0.4) is 0 Å². The van der Waals surface area contributed by atoms with Gasteiger partial charge in [0.2, 0.25) is 0 Å². The zero-order chi connectivity index (χ0) is 13.6. The Kier molecular flexibility index (Phi) is 2.42. The van der Waals surface area contributed by atoms with Crippen LogP contribution in [0.2, 0.25) is 0 Å². The molecule has 3 rings (SSSR count). The van der Waals surface area contributed by atoms with Crippen LogP contribution in [0.1, 0.15) is 32.6 Å². The number of nitrogens with two attached hydrogens (primary N) is 2. The van der Waals surface area contributed by atoms with Crippen LogP contribution in [0.25, 0.3) is 6.08 Å². The molecule has 2 aromatic carbocycles. The number of ketones is 1. The molecule has 0 spiro atoms. The summed E-state index contributed by atoms with van der Waals surface area (Å²) in [6.07, 6.45) is 2.35. The molecule has 1 aliphatic carbocycles. The average molecular weight is 250 g/mol. The van der Waals surface area contributed by atoms with Crippen LogP contribution in [0.5, 0.6) is 0 Å². The topological polar surface area (TPSA) is 69.1 Å².